The molecule has 0 saturated heterocycles. The fourth-order valence-corrected chi connectivity index (χ4v) is 4.81. The first-order valence-corrected chi connectivity index (χ1v) is 10.5. The van der Waals surface area contributed by atoms with Crippen LogP contribution >= 0.6 is 0 Å². The Labute approximate surface area is 150 Å². The summed E-state index contributed by atoms with van der Waals surface area (Å²) in [6, 6.07) is 2.02. The molecule has 2 aliphatic carbocycles. The molecule has 134 valence electrons. The highest BCUT2D eigenvalue weighted by atomic mass is 14.3. The Morgan fingerprint density at radius 3 is 1.75 bits per heavy atom. The van der Waals surface area contributed by atoms with Gasteiger partial charge in [-0.05, 0) is 36.5 Å². The standard InChI is InChI=1S/C23H37N/c1-2-20-9-11-22(12-10-20)17-18-23-15-13-21(14-16-23)8-6-4-3-5-7-19-24/h3-5,7,20-23H,2,6,8-18H2,1H3/t20-,21-,22-,23-. The molecule has 24 heavy (non-hydrogen) atoms. The lowest BCUT2D eigenvalue weighted by molar-refractivity contribution is 0.212. The predicted octanol–water partition coefficient (Wildman–Crippen LogP) is 7.21. The monoisotopic (exact) mass is 327 g/mol. The van der Waals surface area contributed by atoms with Crippen molar-refractivity contribution in [2.75, 3.05) is 0 Å². The second-order valence-corrected chi connectivity index (χ2v) is 8.25. The molecule has 2 fully saturated rings. The molecule has 0 spiro atoms. The van der Waals surface area contributed by atoms with Crippen LogP contribution in [0.2, 0.25) is 0 Å². The molecule has 0 N–H and O–H groups in total. The van der Waals surface area contributed by atoms with Crippen LogP contribution < -0.4 is 0 Å². The topological polar surface area (TPSA) is 23.8 Å². The molecule has 0 aromatic rings. The van der Waals surface area contributed by atoms with Crippen LogP contribution in [0.25, 0.3) is 0 Å². The highest BCUT2D eigenvalue weighted by Gasteiger charge is 2.24. The molecule has 2 aliphatic rings. The third-order valence-electron chi connectivity index (χ3n) is 6.65. The molecule has 0 aromatic heterocycles. The first kappa shape index (κ1) is 19.3. The van der Waals surface area contributed by atoms with Gasteiger partial charge in [0.2, 0.25) is 0 Å². The molecule has 0 bridgehead atoms. The SMILES string of the molecule is CC[C@H]1CC[C@H](CC[C@H]2CC[C@H](CCC=CC=CC#N)CC2)CC1. The maximum Gasteiger partial charge on any atom is 0.0912 e. The van der Waals surface area contributed by atoms with Gasteiger partial charge in [0.1, 0.15) is 0 Å². The number of rotatable bonds is 8. The number of hydrogen-bond acceptors (Lipinski definition) is 1. The molecule has 2 saturated carbocycles. The van der Waals surface area contributed by atoms with E-state index in [1.165, 1.54) is 89.5 Å². The van der Waals surface area contributed by atoms with Crippen LogP contribution in [0.15, 0.2) is 24.3 Å². The van der Waals surface area contributed by atoms with Gasteiger partial charge >= 0.3 is 0 Å². The van der Waals surface area contributed by atoms with Crippen LogP contribution in [-0.4, -0.2) is 0 Å². The minimum Gasteiger partial charge on any atom is -0.193 e. The van der Waals surface area contributed by atoms with E-state index in [4.69, 9.17) is 5.26 Å². The Balaban J connectivity index is 1.52. The maximum atomic E-state index is 8.43. The number of allylic oxidation sites excluding steroid dienone is 4. The van der Waals surface area contributed by atoms with Crippen molar-refractivity contribution in [3.63, 3.8) is 0 Å². The van der Waals surface area contributed by atoms with Gasteiger partial charge in [-0.1, -0.05) is 95.8 Å². The maximum absolute atomic E-state index is 8.43. The van der Waals surface area contributed by atoms with Gasteiger partial charge in [0, 0.05) is 6.08 Å². The summed E-state index contributed by atoms with van der Waals surface area (Å²) in [5.41, 5.74) is 0. The summed E-state index contributed by atoms with van der Waals surface area (Å²) in [7, 11) is 0. The third kappa shape index (κ3) is 7.25. The van der Waals surface area contributed by atoms with Gasteiger partial charge in [0.25, 0.3) is 0 Å². The summed E-state index contributed by atoms with van der Waals surface area (Å²) >= 11 is 0. The van der Waals surface area contributed by atoms with Gasteiger partial charge in [-0.25, -0.2) is 0 Å². The van der Waals surface area contributed by atoms with Crippen LogP contribution in [0.1, 0.15) is 90.4 Å². The number of nitrogens with zero attached hydrogens (tertiary/aromatic N) is 1. The van der Waals surface area contributed by atoms with Crippen LogP contribution in [0.4, 0.5) is 0 Å². The van der Waals surface area contributed by atoms with Crippen LogP contribution in [0.5, 0.6) is 0 Å². The molecular weight excluding hydrogens is 290 g/mol. The molecule has 0 amide bonds. The molecule has 2 rings (SSSR count). The molecule has 1 heteroatoms. The summed E-state index contributed by atoms with van der Waals surface area (Å²) in [6.07, 6.45) is 26.4. The van der Waals surface area contributed by atoms with E-state index in [2.05, 4.69) is 13.0 Å². The summed E-state index contributed by atoms with van der Waals surface area (Å²) in [4.78, 5) is 0. The molecule has 0 heterocycles. The normalized spacial score (nSPS) is 31.5. The molecule has 0 aliphatic heterocycles. The summed E-state index contributed by atoms with van der Waals surface area (Å²) in [5, 5.41) is 8.43. The Bertz CT molecular complexity index is 412. The van der Waals surface area contributed by atoms with E-state index in [0.717, 1.165) is 23.7 Å². The van der Waals surface area contributed by atoms with Gasteiger partial charge in [-0.15, -0.1) is 0 Å². The summed E-state index contributed by atoms with van der Waals surface area (Å²) in [5.74, 6) is 4.07. The lowest BCUT2D eigenvalue weighted by Gasteiger charge is -2.31. The first-order chi connectivity index (χ1) is 11.8. The second kappa shape index (κ2) is 11.5. The Kier molecular flexibility index (Phi) is 9.26. The van der Waals surface area contributed by atoms with Crippen LogP contribution in [-0.2, 0) is 0 Å². The second-order valence-electron chi connectivity index (χ2n) is 8.25. The molecule has 0 atom stereocenters. The quantitative estimate of drug-likeness (QED) is 0.341. The van der Waals surface area contributed by atoms with Gasteiger partial charge < -0.3 is 0 Å². The zero-order chi connectivity index (χ0) is 17.0. The van der Waals surface area contributed by atoms with Crippen LogP contribution in [0.3, 0.4) is 0 Å². The van der Waals surface area contributed by atoms with E-state index < -0.39 is 0 Å². The van der Waals surface area contributed by atoms with E-state index in [1.54, 1.807) is 0 Å². The first-order valence-electron chi connectivity index (χ1n) is 10.5. The van der Waals surface area contributed by atoms with E-state index in [-0.39, 0.29) is 0 Å². The van der Waals surface area contributed by atoms with Crippen molar-refractivity contribution in [2.24, 2.45) is 23.7 Å². The highest BCUT2D eigenvalue weighted by molar-refractivity contribution is 5.11. The minimum atomic E-state index is 0.950. The molecule has 0 radical (unpaired) electrons. The van der Waals surface area contributed by atoms with E-state index in [0.29, 0.717) is 0 Å². The molecule has 1 nitrogen and oxygen atoms in total. The summed E-state index contributed by atoms with van der Waals surface area (Å²) < 4.78 is 0. The van der Waals surface area contributed by atoms with E-state index in [9.17, 15) is 0 Å². The zero-order valence-electron chi connectivity index (χ0n) is 15.8. The lowest BCUT2D eigenvalue weighted by atomic mass is 9.74. The highest BCUT2D eigenvalue weighted by Crippen LogP contribution is 2.38. The molecule has 0 unspecified atom stereocenters. The number of nitriles is 1. The van der Waals surface area contributed by atoms with Crippen molar-refractivity contribution in [3.05, 3.63) is 24.3 Å². The predicted molar refractivity (Wildman–Crippen MR) is 104 cm³/mol. The Hall–Kier alpha value is -1.03. The van der Waals surface area contributed by atoms with Crippen molar-refractivity contribution in [2.45, 2.75) is 90.4 Å². The largest absolute Gasteiger partial charge is 0.193 e. The van der Waals surface area contributed by atoms with Crippen molar-refractivity contribution < 1.29 is 0 Å². The van der Waals surface area contributed by atoms with Crippen molar-refractivity contribution >= 4 is 0 Å². The third-order valence-corrected chi connectivity index (χ3v) is 6.65. The van der Waals surface area contributed by atoms with Crippen molar-refractivity contribution in [3.8, 4) is 6.07 Å². The summed E-state index contributed by atoms with van der Waals surface area (Å²) in [6.45, 7) is 2.36. The van der Waals surface area contributed by atoms with E-state index >= 15 is 0 Å². The Morgan fingerprint density at radius 2 is 1.25 bits per heavy atom. The van der Waals surface area contributed by atoms with Gasteiger partial charge in [0.05, 0.1) is 6.07 Å². The van der Waals surface area contributed by atoms with E-state index in [1.807, 2.05) is 18.2 Å². The fourth-order valence-electron chi connectivity index (χ4n) is 4.81. The molecule has 0 aromatic carbocycles. The fraction of sp³-hybridized carbons (Fsp3) is 0.783. The zero-order valence-corrected chi connectivity index (χ0v) is 15.8. The van der Waals surface area contributed by atoms with Gasteiger partial charge in [0.15, 0.2) is 0 Å². The minimum absolute atomic E-state index is 0.950. The molecular formula is C23H37N. The smallest absolute Gasteiger partial charge is 0.0912 e. The number of hydrogen-bond donors (Lipinski definition) is 0. The average Bonchev–Trinajstić information content (AvgIpc) is 2.64. The lowest BCUT2D eigenvalue weighted by Crippen LogP contribution is -2.18. The Morgan fingerprint density at radius 1 is 0.750 bits per heavy atom. The van der Waals surface area contributed by atoms with Gasteiger partial charge in [-0.3, -0.25) is 0 Å². The average molecular weight is 328 g/mol. The van der Waals surface area contributed by atoms with Crippen LogP contribution in [0, 0.1) is 35.0 Å². The van der Waals surface area contributed by atoms with Gasteiger partial charge in [-0.2, -0.15) is 5.26 Å². The van der Waals surface area contributed by atoms with Crippen molar-refractivity contribution in [1.82, 2.24) is 0 Å². The van der Waals surface area contributed by atoms with Crippen molar-refractivity contribution in [1.29, 1.82) is 5.26 Å².